The molecule has 3 amide bonds. The molecule has 7 heteroatoms. The van der Waals surface area contributed by atoms with Gasteiger partial charge in [-0.3, -0.25) is 9.78 Å². The zero-order valence-electron chi connectivity index (χ0n) is 15.4. The van der Waals surface area contributed by atoms with Gasteiger partial charge in [0, 0.05) is 30.2 Å². The Morgan fingerprint density at radius 1 is 1.14 bits per heavy atom. The van der Waals surface area contributed by atoms with E-state index in [0.717, 1.165) is 17.3 Å². The van der Waals surface area contributed by atoms with Crippen LogP contribution in [0.3, 0.4) is 0 Å². The van der Waals surface area contributed by atoms with Gasteiger partial charge in [0.2, 0.25) is 5.91 Å². The highest BCUT2D eigenvalue weighted by Crippen LogP contribution is 2.34. The summed E-state index contributed by atoms with van der Waals surface area (Å²) in [4.78, 5) is 30.6. The number of methoxy groups -OCH3 is 1. The molecule has 2 N–H and O–H groups in total. The molecular weight excluding hydrogens is 356 g/mol. The lowest BCUT2D eigenvalue weighted by atomic mass is 10.2. The second-order valence-corrected chi connectivity index (χ2v) is 6.50. The molecule has 28 heavy (non-hydrogen) atoms. The Bertz CT molecular complexity index is 1050. The van der Waals surface area contributed by atoms with Crippen molar-refractivity contribution in [1.29, 1.82) is 0 Å². The van der Waals surface area contributed by atoms with Gasteiger partial charge in [0.25, 0.3) is 0 Å². The van der Waals surface area contributed by atoms with Crippen LogP contribution < -0.4 is 20.3 Å². The molecule has 0 aliphatic carbocycles. The highest BCUT2D eigenvalue weighted by Gasteiger charge is 2.25. The number of para-hydroxylation sites is 1. The molecular formula is C21H20N4O3. The van der Waals surface area contributed by atoms with Crippen LogP contribution in [0, 0.1) is 0 Å². The highest BCUT2D eigenvalue weighted by molar-refractivity contribution is 6.05. The van der Waals surface area contributed by atoms with Crippen molar-refractivity contribution in [3.05, 3.63) is 54.7 Å². The number of fused-ring (bicyclic) bond motifs is 1. The summed E-state index contributed by atoms with van der Waals surface area (Å²) in [6, 6.07) is 14.2. The minimum Gasteiger partial charge on any atom is -0.495 e. The minimum atomic E-state index is -0.387. The number of pyridine rings is 1. The Morgan fingerprint density at radius 3 is 2.79 bits per heavy atom. The van der Waals surface area contributed by atoms with Crippen molar-refractivity contribution >= 4 is 39.9 Å². The van der Waals surface area contributed by atoms with Gasteiger partial charge in [-0.15, -0.1) is 0 Å². The van der Waals surface area contributed by atoms with E-state index in [9.17, 15) is 9.59 Å². The summed E-state index contributed by atoms with van der Waals surface area (Å²) in [6.07, 6.45) is 3.03. The Kier molecular flexibility index (Phi) is 4.80. The number of hydrogen-bond donors (Lipinski definition) is 2. The van der Waals surface area contributed by atoms with E-state index >= 15 is 0 Å². The number of aromatic nitrogens is 1. The second-order valence-electron chi connectivity index (χ2n) is 6.50. The third-order valence-electron chi connectivity index (χ3n) is 4.68. The first-order valence-corrected chi connectivity index (χ1v) is 9.06. The van der Waals surface area contributed by atoms with E-state index in [2.05, 4.69) is 15.6 Å². The number of nitrogens with zero attached hydrogens (tertiary/aromatic N) is 2. The molecule has 0 radical (unpaired) electrons. The second kappa shape index (κ2) is 7.56. The van der Waals surface area contributed by atoms with Crippen LogP contribution in [0.4, 0.5) is 21.9 Å². The number of amides is 3. The molecule has 0 bridgehead atoms. The van der Waals surface area contributed by atoms with Gasteiger partial charge in [-0.25, -0.2) is 4.79 Å². The number of hydrogen-bond acceptors (Lipinski definition) is 4. The number of anilines is 3. The van der Waals surface area contributed by atoms with Crippen LogP contribution in [-0.2, 0) is 4.79 Å². The lowest BCUT2D eigenvalue weighted by molar-refractivity contribution is -0.117. The third-order valence-corrected chi connectivity index (χ3v) is 4.68. The molecule has 2 heterocycles. The molecule has 4 rings (SSSR count). The van der Waals surface area contributed by atoms with Crippen LogP contribution in [0.5, 0.6) is 5.75 Å². The summed E-state index contributed by atoms with van der Waals surface area (Å²) in [6.45, 7) is 0.645. The molecule has 7 nitrogen and oxygen atoms in total. The van der Waals surface area contributed by atoms with E-state index in [1.807, 2.05) is 24.3 Å². The van der Waals surface area contributed by atoms with E-state index in [1.54, 1.807) is 42.5 Å². The van der Waals surface area contributed by atoms with Crippen molar-refractivity contribution in [2.75, 3.05) is 29.2 Å². The summed E-state index contributed by atoms with van der Waals surface area (Å²) in [5, 5.41) is 6.59. The molecule has 1 aliphatic rings. The highest BCUT2D eigenvalue weighted by atomic mass is 16.5. The summed E-state index contributed by atoms with van der Waals surface area (Å²) < 4.78 is 5.38. The van der Waals surface area contributed by atoms with Crippen molar-refractivity contribution in [2.45, 2.75) is 12.8 Å². The molecule has 3 aromatic rings. The van der Waals surface area contributed by atoms with Gasteiger partial charge in [0.1, 0.15) is 5.75 Å². The van der Waals surface area contributed by atoms with Crippen LogP contribution in [0.15, 0.2) is 54.7 Å². The maximum atomic E-state index is 12.5. The maximum Gasteiger partial charge on any atom is 0.323 e. The van der Waals surface area contributed by atoms with Crippen molar-refractivity contribution in [2.24, 2.45) is 0 Å². The average molecular weight is 376 g/mol. The first-order chi connectivity index (χ1) is 13.7. The van der Waals surface area contributed by atoms with Gasteiger partial charge >= 0.3 is 6.03 Å². The summed E-state index contributed by atoms with van der Waals surface area (Å²) in [5.74, 6) is 0.654. The smallest absolute Gasteiger partial charge is 0.323 e. The van der Waals surface area contributed by atoms with Gasteiger partial charge in [-0.1, -0.05) is 18.2 Å². The average Bonchev–Trinajstić information content (AvgIpc) is 3.14. The van der Waals surface area contributed by atoms with E-state index in [-0.39, 0.29) is 11.9 Å². The largest absolute Gasteiger partial charge is 0.495 e. The number of carbonyl (C=O) groups excluding carboxylic acids is 2. The fourth-order valence-corrected chi connectivity index (χ4v) is 3.37. The summed E-state index contributed by atoms with van der Waals surface area (Å²) in [5.41, 5.74) is 2.58. The van der Waals surface area contributed by atoms with E-state index in [4.69, 9.17) is 4.74 Å². The number of urea groups is 1. The molecule has 1 fully saturated rings. The van der Waals surface area contributed by atoms with Crippen molar-refractivity contribution < 1.29 is 14.3 Å². The topological polar surface area (TPSA) is 83.6 Å². The molecule has 0 saturated carbocycles. The normalized spacial score (nSPS) is 13.6. The Hall–Kier alpha value is -3.61. The SMILES string of the molecule is COc1ccc(NC(=O)Nc2cccc3cccnc23)cc1N1CCCC1=O. The van der Waals surface area contributed by atoms with Crippen LogP contribution in [0.2, 0.25) is 0 Å². The molecule has 1 saturated heterocycles. The summed E-state index contributed by atoms with van der Waals surface area (Å²) >= 11 is 0. The maximum absolute atomic E-state index is 12.5. The van der Waals surface area contributed by atoms with Crippen LogP contribution >= 0.6 is 0 Å². The molecule has 1 aliphatic heterocycles. The van der Waals surface area contributed by atoms with Gasteiger partial charge < -0.3 is 20.3 Å². The van der Waals surface area contributed by atoms with Gasteiger partial charge in [-0.2, -0.15) is 0 Å². The fourth-order valence-electron chi connectivity index (χ4n) is 3.37. The molecule has 0 atom stereocenters. The standard InChI is InChI=1S/C21H20N4O3/c1-28-18-10-9-15(13-17(18)25-12-4-8-19(25)26)23-21(27)24-16-7-2-5-14-6-3-11-22-20(14)16/h2-3,5-7,9-11,13H,4,8,12H2,1H3,(H2,23,24,27). The number of nitrogens with one attached hydrogen (secondary N) is 2. The van der Waals surface area contributed by atoms with Gasteiger partial charge in [0.05, 0.1) is 24.0 Å². The Labute approximate surface area is 162 Å². The first-order valence-electron chi connectivity index (χ1n) is 9.06. The van der Waals surface area contributed by atoms with Crippen molar-refractivity contribution in [1.82, 2.24) is 4.98 Å². The molecule has 142 valence electrons. The van der Waals surface area contributed by atoms with Crippen LogP contribution in [0.25, 0.3) is 10.9 Å². The Balaban J connectivity index is 1.55. The van der Waals surface area contributed by atoms with Gasteiger partial charge in [0.15, 0.2) is 0 Å². The third kappa shape index (κ3) is 3.46. The first kappa shape index (κ1) is 17.8. The van der Waals surface area contributed by atoms with E-state index in [0.29, 0.717) is 35.8 Å². The monoisotopic (exact) mass is 376 g/mol. The van der Waals surface area contributed by atoms with Crippen LogP contribution in [-0.4, -0.2) is 30.6 Å². The number of rotatable bonds is 4. The fraction of sp³-hybridized carbons (Fsp3) is 0.190. The van der Waals surface area contributed by atoms with Crippen molar-refractivity contribution in [3.8, 4) is 5.75 Å². The molecule has 2 aromatic carbocycles. The molecule has 0 spiro atoms. The summed E-state index contributed by atoms with van der Waals surface area (Å²) in [7, 11) is 1.56. The lowest BCUT2D eigenvalue weighted by Crippen LogP contribution is -2.25. The van der Waals surface area contributed by atoms with E-state index < -0.39 is 0 Å². The lowest BCUT2D eigenvalue weighted by Gasteiger charge is -2.20. The molecule has 1 aromatic heterocycles. The zero-order chi connectivity index (χ0) is 19.5. The number of carbonyl (C=O) groups is 2. The number of benzene rings is 2. The van der Waals surface area contributed by atoms with Crippen LogP contribution in [0.1, 0.15) is 12.8 Å². The molecule has 0 unspecified atom stereocenters. The predicted molar refractivity (Wildman–Crippen MR) is 109 cm³/mol. The minimum absolute atomic E-state index is 0.0572. The Morgan fingerprint density at radius 2 is 2.00 bits per heavy atom. The zero-order valence-corrected chi connectivity index (χ0v) is 15.4. The number of ether oxygens (including phenoxy) is 1. The van der Waals surface area contributed by atoms with E-state index in [1.165, 1.54) is 0 Å². The van der Waals surface area contributed by atoms with Gasteiger partial charge in [-0.05, 0) is 36.8 Å². The van der Waals surface area contributed by atoms with Crippen molar-refractivity contribution in [3.63, 3.8) is 0 Å². The quantitative estimate of drug-likeness (QED) is 0.720. The predicted octanol–water partition coefficient (Wildman–Crippen LogP) is 4.01.